The van der Waals surface area contributed by atoms with Crippen molar-refractivity contribution in [3.63, 3.8) is 0 Å². The fraction of sp³-hybridized carbons (Fsp3) is 0.889. The molecule has 0 saturated heterocycles. The zero-order valence-corrected chi connectivity index (χ0v) is 8.04. The van der Waals surface area contributed by atoms with Gasteiger partial charge in [-0.05, 0) is 19.3 Å². The van der Waals surface area contributed by atoms with Crippen LogP contribution < -0.4 is 0 Å². The number of ether oxygens (including phenoxy) is 1. The van der Waals surface area contributed by atoms with Crippen LogP contribution in [0.5, 0.6) is 0 Å². The van der Waals surface area contributed by atoms with Crippen LogP contribution in [0.25, 0.3) is 0 Å². The Balaban J connectivity index is 3.31. The number of carboxylic acids is 1. The summed E-state index contributed by atoms with van der Waals surface area (Å²) in [6.45, 7) is 6.54. The molecule has 0 aliphatic rings. The highest BCUT2D eigenvalue weighted by molar-refractivity contribution is 5.66. The van der Waals surface area contributed by atoms with E-state index < -0.39 is 5.97 Å². The highest BCUT2D eigenvalue weighted by Gasteiger charge is 2.05. The number of carbonyl (C=O) groups is 1. The van der Waals surface area contributed by atoms with Crippen LogP contribution in [0.15, 0.2) is 0 Å². The maximum atomic E-state index is 10.1. The first-order valence-electron chi connectivity index (χ1n) is 4.35. The number of rotatable bonds is 6. The summed E-state index contributed by atoms with van der Waals surface area (Å²) in [4.78, 5) is 10.1. The predicted molar refractivity (Wildman–Crippen MR) is 47.1 cm³/mol. The van der Waals surface area contributed by atoms with Crippen molar-refractivity contribution in [1.82, 2.24) is 0 Å². The summed E-state index contributed by atoms with van der Waals surface area (Å²) in [5.41, 5.74) is 0. The third-order valence-corrected chi connectivity index (χ3v) is 1.52. The first-order valence-corrected chi connectivity index (χ1v) is 4.35. The first-order chi connectivity index (χ1) is 5.52. The molecule has 0 amide bonds. The molecule has 0 unspecified atom stereocenters. The van der Waals surface area contributed by atoms with Crippen molar-refractivity contribution >= 4 is 5.97 Å². The van der Waals surface area contributed by atoms with Gasteiger partial charge >= 0.3 is 5.97 Å². The molecule has 0 radical (unpaired) electrons. The molecular formula is C9H18O3. The van der Waals surface area contributed by atoms with E-state index >= 15 is 0 Å². The molecular weight excluding hydrogens is 156 g/mol. The van der Waals surface area contributed by atoms with Crippen molar-refractivity contribution in [2.45, 2.75) is 39.7 Å². The summed E-state index contributed by atoms with van der Waals surface area (Å²) in [6, 6.07) is 0. The molecule has 0 bridgehead atoms. The van der Waals surface area contributed by atoms with Crippen LogP contribution in [0.1, 0.15) is 33.6 Å². The Hall–Kier alpha value is -0.570. The number of hydrogen-bond acceptors (Lipinski definition) is 2. The molecule has 1 N–H and O–H groups in total. The van der Waals surface area contributed by atoms with E-state index in [1.54, 1.807) is 0 Å². The largest absolute Gasteiger partial charge is 0.481 e. The molecule has 0 aromatic rings. The van der Waals surface area contributed by atoms with Gasteiger partial charge in [-0.1, -0.05) is 13.8 Å². The number of hydrogen-bond donors (Lipinski definition) is 1. The van der Waals surface area contributed by atoms with Gasteiger partial charge in [0.25, 0.3) is 0 Å². The lowest BCUT2D eigenvalue weighted by Gasteiger charge is -2.13. The lowest BCUT2D eigenvalue weighted by molar-refractivity contribution is -0.138. The van der Waals surface area contributed by atoms with Gasteiger partial charge in [-0.3, -0.25) is 4.79 Å². The second kappa shape index (κ2) is 6.00. The molecule has 0 aromatic heterocycles. The Kier molecular flexibility index (Phi) is 5.72. The molecule has 0 saturated carbocycles. The summed E-state index contributed by atoms with van der Waals surface area (Å²) in [6.07, 6.45) is 1.26. The maximum Gasteiger partial charge on any atom is 0.305 e. The van der Waals surface area contributed by atoms with Gasteiger partial charge in [0, 0.05) is 0 Å². The van der Waals surface area contributed by atoms with Crippen molar-refractivity contribution < 1.29 is 14.6 Å². The second-order valence-corrected chi connectivity index (χ2v) is 3.45. The SMILES string of the molecule is CC(C)C[C@H](C)OCCC(=O)O. The summed E-state index contributed by atoms with van der Waals surface area (Å²) in [5, 5.41) is 8.33. The van der Waals surface area contributed by atoms with Gasteiger partial charge in [0.1, 0.15) is 0 Å². The van der Waals surface area contributed by atoms with Crippen molar-refractivity contribution in [2.75, 3.05) is 6.61 Å². The molecule has 72 valence electrons. The fourth-order valence-electron chi connectivity index (χ4n) is 1.08. The monoisotopic (exact) mass is 174 g/mol. The van der Waals surface area contributed by atoms with Crippen molar-refractivity contribution in [3.05, 3.63) is 0 Å². The molecule has 0 aromatic carbocycles. The van der Waals surface area contributed by atoms with E-state index in [1.165, 1.54) is 0 Å². The van der Waals surface area contributed by atoms with Gasteiger partial charge in [0.2, 0.25) is 0 Å². The van der Waals surface area contributed by atoms with Gasteiger partial charge in [-0.15, -0.1) is 0 Å². The Morgan fingerprint density at radius 3 is 2.42 bits per heavy atom. The van der Waals surface area contributed by atoms with Crippen molar-refractivity contribution in [1.29, 1.82) is 0 Å². The van der Waals surface area contributed by atoms with Gasteiger partial charge in [0.15, 0.2) is 0 Å². The summed E-state index contributed by atoms with van der Waals surface area (Å²) in [5.74, 6) is -0.198. The second-order valence-electron chi connectivity index (χ2n) is 3.45. The van der Waals surface area contributed by atoms with Gasteiger partial charge in [-0.2, -0.15) is 0 Å². The van der Waals surface area contributed by atoms with Crippen LogP contribution in [0.4, 0.5) is 0 Å². The maximum absolute atomic E-state index is 10.1. The highest BCUT2D eigenvalue weighted by atomic mass is 16.5. The van der Waals surface area contributed by atoms with Gasteiger partial charge in [-0.25, -0.2) is 0 Å². The topological polar surface area (TPSA) is 46.5 Å². The predicted octanol–water partition coefficient (Wildman–Crippen LogP) is 1.91. The van der Waals surface area contributed by atoms with E-state index in [9.17, 15) is 4.79 Å². The van der Waals surface area contributed by atoms with Crippen LogP contribution in [0, 0.1) is 5.92 Å². The average molecular weight is 174 g/mol. The van der Waals surface area contributed by atoms with E-state index in [4.69, 9.17) is 9.84 Å². The van der Waals surface area contributed by atoms with E-state index in [0.29, 0.717) is 12.5 Å². The van der Waals surface area contributed by atoms with Crippen molar-refractivity contribution in [3.8, 4) is 0 Å². The van der Waals surface area contributed by atoms with Gasteiger partial charge in [0.05, 0.1) is 19.1 Å². The molecule has 12 heavy (non-hydrogen) atoms. The molecule has 0 aliphatic heterocycles. The molecule has 0 fully saturated rings. The standard InChI is InChI=1S/C9H18O3/c1-7(2)6-8(3)12-5-4-9(10)11/h7-8H,4-6H2,1-3H3,(H,10,11)/t8-/m0/s1. The summed E-state index contributed by atoms with van der Waals surface area (Å²) < 4.78 is 5.28. The van der Waals surface area contributed by atoms with Crippen molar-refractivity contribution in [2.24, 2.45) is 5.92 Å². The molecule has 0 rings (SSSR count). The Labute approximate surface area is 73.7 Å². The van der Waals surface area contributed by atoms with Gasteiger partial charge < -0.3 is 9.84 Å². The van der Waals surface area contributed by atoms with Crippen LogP contribution >= 0.6 is 0 Å². The normalized spacial score (nSPS) is 13.3. The lowest BCUT2D eigenvalue weighted by atomic mass is 10.1. The molecule has 0 heterocycles. The highest BCUT2D eigenvalue weighted by Crippen LogP contribution is 2.07. The van der Waals surface area contributed by atoms with Crippen LogP contribution in [-0.2, 0) is 9.53 Å². The number of aliphatic carboxylic acids is 1. The van der Waals surface area contributed by atoms with Crippen LogP contribution in [0.3, 0.4) is 0 Å². The van der Waals surface area contributed by atoms with Crippen LogP contribution in [0.2, 0.25) is 0 Å². The molecule has 3 nitrogen and oxygen atoms in total. The zero-order chi connectivity index (χ0) is 9.56. The van der Waals surface area contributed by atoms with E-state index in [1.807, 2.05) is 6.92 Å². The lowest BCUT2D eigenvalue weighted by Crippen LogP contribution is -2.13. The fourth-order valence-corrected chi connectivity index (χ4v) is 1.08. The van der Waals surface area contributed by atoms with E-state index in [2.05, 4.69) is 13.8 Å². The smallest absolute Gasteiger partial charge is 0.305 e. The minimum absolute atomic E-state index is 0.0996. The summed E-state index contributed by atoms with van der Waals surface area (Å²) >= 11 is 0. The third-order valence-electron chi connectivity index (χ3n) is 1.52. The quantitative estimate of drug-likeness (QED) is 0.669. The molecule has 0 spiro atoms. The minimum atomic E-state index is -0.799. The molecule has 0 aliphatic carbocycles. The molecule has 1 atom stereocenters. The molecule has 3 heteroatoms. The minimum Gasteiger partial charge on any atom is -0.481 e. The van der Waals surface area contributed by atoms with E-state index in [0.717, 1.165) is 6.42 Å². The third kappa shape index (κ3) is 7.54. The Bertz CT molecular complexity index is 132. The average Bonchev–Trinajstić information content (AvgIpc) is 1.84. The Morgan fingerprint density at radius 1 is 1.42 bits per heavy atom. The number of carboxylic acid groups (broad SMARTS) is 1. The van der Waals surface area contributed by atoms with E-state index in [-0.39, 0.29) is 12.5 Å². The van der Waals surface area contributed by atoms with Crippen LogP contribution in [-0.4, -0.2) is 23.8 Å². The first kappa shape index (κ1) is 11.4. The zero-order valence-electron chi connectivity index (χ0n) is 8.04. The Morgan fingerprint density at radius 2 is 2.00 bits per heavy atom. The summed E-state index contributed by atoms with van der Waals surface area (Å²) in [7, 11) is 0.